The molecule has 1 aliphatic rings. The van der Waals surface area contributed by atoms with Gasteiger partial charge in [-0.15, -0.1) is 0 Å². The van der Waals surface area contributed by atoms with E-state index in [1.165, 1.54) is 5.56 Å². The quantitative estimate of drug-likeness (QED) is 0.680. The predicted octanol–water partition coefficient (Wildman–Crippen LogP) is 1.69. The van der Waals surface area contributed by atoms with Crippen LogP contribution in [0.3, 0.4) is 0 Å². The van der Waals surface area contributed by atoms with Crippen molar-refractivity contribution in [1.29, 1.82) is 0 Å². The molecule has 2 atom stereocenters. The van der Waals surface area contributed by atoms with E-state index < -0.39 is 0 Å². The molecule has 1 heterocycles. The molecule has 1 saturated heterocycles. The standard InChI is InChI=1S/C10H13NO/c1-8-10(12-7-11-8)9-5-3-2-4-6-9/h2-6,8,10-11H,7H2,1H3/t8-,10?/m0/s1. The Morgan fingerprint density at radius 1 is 1.33 bits per heavy atom. The first-order valence-electron chi connectivity index (χ1n) is 4.28. The van der Waals surface area contributed by atoms with E-state index in [1.807, 2.05) is 18.2 Å². The van der Waals surface area contributed by atoms with Gasteiger partial charge in [-0.05, 0) is 12.5 Å². The lowest BCUT2D eigenvalue weighted by Gasteiger charge is -2.13. The lowest BCUT2D eigenvalue weighted by Crippen LogP contribution is -2.21. The summed E-state index contributed by atoms with van der Waals surface area (Å²) in [6.07, 6.45) is 0.228. The van der Waals surface area contributed by atoms with Crippen molar-refractivity contribution in [3.8, 4) is 0 Å². The second-order valence-corrected chi connectivity index (χ2v) is 3.14. The molecule has 2 rings (SSSR count). The van der Waals surface area contributed by atoms with Gasteiger partial charge in [-0.1, -0.05) is 30.3 Å². The predicted molar refractivity (Wildman–Crippen MR) is 47.7 cm³/mol. The van der Waals surface area contributed by atoms with Crippen LogP contribution < -0.4 is 5.32 Å². The molecule has 1 aromatic rings. The molecular formula is C10H13NO. The number of hydrogen-bond donors (Lipinski definition) is 1. The van der Waals surface area contributed by atoms with Gasteiger partial charge in [-0.3, -0.25) is 5.32 Å². The average molecular weight is 163 g/mol. The smallest absolute Gasteiger partial charge is 0.0993 e. The molecule has 1 aromatic carbocycles. The van der Waals surface area contributed by atoms with E-state index in [1.54, 1.807) is 0 Å². The van der Waals surface area contributed by atoms with Crippen LogP contribution in [0.15, 0.2) is 30.3 Å². The van der Waals surface area contributed by atoms with Gasteiger partial charge in [0.2, 0.25) is 0 Å². The fourth-order valence-corrected chi connectivity index (χ4v) is 1.55. The maximum Gasteiger partial charge on any atom is 0.0993 e. The number of nitrogens with one attached hydrogen (secondary N) is 1. The number of ether oxygens (including phenoxy) is 1. The van der Waals surface area contributed by atoms with Crippen molar-refractivity contribution in [2.45, 2.75) is 19.1 Å². The molecule has 0 amide bonds. The van der Waals surface area contributed by atoms with Crippen molar-refractivity contribution >= 4 is 0 Å². The highest BCUT2D eigenvalue weighted by Crippen LogP contribution is 2.24. The van der Waals surface area contributed by atoms with Crippen LogP contribution in [-0.2, 0) is 4.74 Å². The largest absolute Gasteiger partial charge is 0.357 e. The SMILES string of the molecule is C[C@@H]1NCOC1c1ccccc1. The highest BCUT2D eigenvalue weighted by Gasteiger charge is 2.24. The van der Waals surface area contributed by atoms with Gasteiger partial charge in [0.05, 0.1) is 12.8 Å². The van der Waals surface area contributed by atoms with Crippen molar-refractivity contribution in [1.82, 2.24) is 5.32 Å². The first-order valence-corrected chi connectivity index (χ1v) is 4.28. The van der Waals surface area contributed by atoms with Crippen molar-refractivity contribution in [3.63, 3.8) is 0 Å². The van der Waals surface area contributed by atoms with Gasteiger partial charge in [0.25, 0.3) is 0 Å². The van der Waals surface area contributed by atoms with Gasteiger partial charge in [0, 0.05) is 6.04 Å². The molecule has 1 aliphatic heterocycles. The summed E-state index contributed by atoms with van der Waals surface area (Å²) in [5.41, 5.74) is 1.26. The summed E-state index contributed by atoms with van der Waals surface area (Å²) < 4.78 is 5.54. The number of rotatable bonds is 1. The van der Waals surface area contributed by atoms with Crippen molar-refractivity contribution in [3.05, 3.63) is 35.9 Å². The van der Waals surface area contributed by atoms with Crippen LogP contribution in [0.2, 0.25) is 0 Å². The molecule has 2 nitrogen and oxygen atoms in total. The molecule has 0 spiro atoms. The van der Waals surface area contributed by atoms with Gasteiger partial charge < -0.3 is 4.74 Å². The summed E-state index contributed by atoms with van der Waals surface area (Å²) in [4.78, 5) is 0. The Morgan fingerprint density at radius 2 is 2.08 bits per heavy atom. The Hall–Kier alpha value is -0.860. The Balaban J connectivity index is 2.19. The van der Waals surface area contributed by atoms with E-state index >= 15 is 0 Å². The molecule has 0 radical (unpaired) electrons. The van der Waals surface area contributed by atoms with Crippen LogP contribution in [0.5, 0.6) is 0 Å². The van der Waals surface area contributed by atoms with Crippen molar-refractivity contribution in [2.24, 2.45) is 0 Å². The molecule has 1 N–H and O–H groups in total. The third-order valence-electron chi connectivity index (χ3n) is 2.25. The third-order valence-corrected chi connectivity index (χ3v) is 2.25. The maximum absolute atomic E-state index is 5.54. The molecule has 2 heteroatoms. The maximum atomic E-state index is 5.54. The van der Waals surface area contributed by atoms with Crippen molar-refractivity contribution in [2.75, 3.05) is 6.73 Å². The highest BCUT2D eigenvalue weighted by molar-refractivity contribution is 5.19. The Labute approximate surface area is 72.5 Å². The van der Waals surface area contributed by atoms with E-state index in [2.05, 4.69) is 24.4 Å². The second-order valence-electron chi connectivity index (χ2n) is 3.14. The minimum atomic E-state index is 0.228. The average Bonchev–Trinajstić information content (AvgIpc) is 2.53. The minimum Gasteiger partial charge on any atom is -0.357 e. The van der Waals surface area contributed by atoms with E-state index in [0.717, 1.165) is 0 Å². The first-order chi connectivity index (χ1) is 5.88. The first kappa shape index (κ1) is 7.77. The summed E-state index contributed by atoms with van der Waals surface area (Å²) in [6.45, 7) is 2.81. The minimum absolute atomic E-state index is 0.228. The zero-order chi connectivity index (χ0) is 8.39. The fourth-order valence-electron chi connectivity index (χ4n) is 1.55. The van der Waals surface area contributed by atoms with Crippen LogP contribution in [0, 0.1) is 0 Å². The highest BCUT2D eigenvalue weighted by atomic mass is 16.5. The van der Waals surface area contributed by atoms with Crippen LogP contribution >= 0.6 is 0 Å². The van der Waals surface area contributed by atoms with Gasteiger partial charge in [-0.2, -0.15) is 0 Å². The third kappa shape index (κ3) is 1.36. The zero-order valence-electron chi connectivity index (χ0n) is 7.16. The molecule has 0 aromatic heterocycles. The van der Waals surface area contributed by atoms with Gasteiger partial charge >= 0.3 is 0 Å². The normalized spacial score (nSPS) is 29.1. The van der Waals surface area contributed by atoms with Gasteiger partial charge in [0.15, 0.2) is 0 Å². The van der Waals surface area contributed by atoms with Gasteiger partial charge in [0.1, 0.15) is 0 Å². The summed E-state index contributed by atoms with van der Waals surface area (Å²) >= 11 is 0. The van der Waals surface area contributed by atoms with Crippen LogP contribution in [0.4, 0.5) is 0 Å². The number of hydrogen-bond acceptors (Lipinski definition) is 2. The van der Waals surface area contributed by atoms with Gasteiger partial charge in [-0.25, -0.2) is 0 Å². The van der Waals surface area contributed by atoms with Crippen LogP contribution in [0.1, 0.15) is 18.6 Å². The Kier molecular flexibility index (Phi) is 2.11. The summed E-state index contributed by atoms with van der Waals surface area (Å²) in [7, 11) is 0. The molecule has 0 aliphatic carbocycles. The zero-order valence-corrected chi connectivity index (χ0v) is 7.16. The lowest BCUT2D eigenvalue weighted by molar-refractivity contribution is 0.105. The molecular weight excluding hydrogens is 150 g/mol. The van der Waals surface area contributed by atoms with Crippen LogP contribution in [0.25, 0.3) is 0 Å². The topological polar surface area (TPSA) is 21.3 Å². The summed E-state index contributed by atoms with van der Waals surface area (Å²) in [6, 6.07) is 10.7. The van der Waals surface area contributed by atoms with E-state index in [4.69, 9.17) is 4.74 Å². The van der Waals surface area contributed by atoms with E-state index in [-0.39, 0.29) is 6.10 Å². The molecule has 0 bridgehead atoms. The van der Waals surface area contributed by atoms with E-state index in [9.17, 15) is 0 Å². The van der Waals surface area contributed by atoms with Crippen LogP contribution in [-0.4, -0.2) is 12.8 Å². The molecule has 64 valence electrons. The summed E-state index contributed by atoms with van der Waals surface area (Å²) in [5, 5.41) is 3.25. The van der Waals surface area contributed by atoms with Crippen molar-refractivity contribution < 1.29 is 4.74 Å². The molecule has 1 unspecified atom stereocenters. The lowest BCUT2D eigenvalue weighted by atomic mass is 10.0. The number of benzene rings is 1. The van der Waals surface area contributed by atoms with E-state index in [0.29, 0.717) is 12.8 Å². The second kappa shape index (κ2) is 3.25. The Morgan fingerprint density at radius 3 is 2.67 bits per heavy atom. The monoisotopic (exact) mass is 163 g/mol. The summed E-state index contributed by atoms with van der Waals surface area (Å²) in [5.74, 6) is 0. The molecule has 1 fully saturated rings. The molecule has 0 saturated carbocycles. The Bertz CT molecular complexity index is 247. The molecule has 12 heavy (non-hydrogen) atoms. The fraction of sp³-hybridized carbons (Fsp3) is 0.400.